The van der Waals surface area contributed by atoms with Gasteiger partial charge >= 0.3 is 0 Å². The van der Waals surface area contributed by atoms with Crippen molar-refractivity contribution in [1.82, 2.24) is 19.7 Å². The summed E-state index contributed by atoms with van der Waals surface area (Å²) in [5, 5.41) is 9.50. The van der Waals surface area contributed by atoms with Crippen LogP contribution in [0.25, 0.3) is 11.4 Å². The number of methoxy groups -OCH3 is 1. The molecule has 2 aromatic carbocycles. The van der Waals surface area contributed by atoms with Gasteiger partial charge in [-0.3, -0.25) is 4.79 Å². The van der Waals surface area contributed by atoms with E-state index in [-0.39, 0.29) is 5.91 Å². The number of carbonyl (C=O) groups is 1. The molecule has 0 spiro atoms. The first-order valence-electron chi connectivity index (χ1n) is 9.03. The third kappa shape index (κ3) is 4.92. The molecule has 28 heavy (non-hydrogen) atoms. The molecule has 0 fully saturated rings. The number of ether oxygens (including phenoxy) is 1. The van der Waals surface area contributed by atoms with E-state index in [0.29, 0.717) is 5.75 Å². The van der Waals surface area contributed by atoms with Gasteiger partial charge in [-0.05, 0) is 36.2 Å². The van der Waals surface area contributed by atoms with Gasteiger partial charge in [0.2, 0.25) is 5.91 Å². The highest BCUT2D eigenvalue weighted by Crippen LogP contribution is 2.26. The van der Waals surface area contributed by atoms with Crippen LogP contribution in [-0.2, 0) is 17.8 Å². The number of hydrogen-bond donors (Lipinski definition) is 0. The van der Waals surface area contributed by atoms with Crippen molar-refractivity contribution in [3.05, 3.63) is 60.2 Å². The van der Waals surface area contributed by atoms with Crippen LogP contribution in [0.3, 0.4) is 0 Å². The normalized spacial score (nSPS) is 10.7. The minimum atomic E-state index is 0.0496. The maximum absolute atomic E-state index is 12.0. The number of nitrogens with zero attached hydrogens (tertiary/aromatic N) is 4. The van der Waals surface area contributed by atoms with Crippen molar-refractivity contribution < 1.29 is 9.53 Å². The van der Waals surface area contributed by atoms with Gasteiger partial charge in [-0.25, -0.2) is 0 Å². The molecule has 1 amide bonds. The zero-order chi connectivity index (χ0) is 19.9. The highest BCUT2D eigenvalue weighted by Gasteiger charge is 2.16. The van der Waals surface area contributed by atoms with E-state index in [9.17, 15) is 4.79 Å². The largest absolute Gasteiger partial charge is 0.497 e. The van der Waals surface area contributed by atoms with Crippen LogP contribution in [0.15, 0.2) is 59.8 Å². The van der Waals surface area contributed by atoms with E-state index in [1.54, 1.807) is 26.1 Å². The van der Waals surface area contributed by atoms with Crippen molar-refractivity contribution in [2.75, 3.05) is 27.0 Å². The second-order valence-electron chi connectivity index (χ2n) is 6.50. The standard InChI is InChI=1S/C21H24N4O2S/c1-24(2)19(26)15-28-21-23-22-20(17-9-11-18(27-3)12-10-17)25(21)14-13-16-7-5-4-6-8-16/h4-12H,13-15H2,1-3H3. The lowest BCUT2D eigenvalue weighted by molar-refractivity contribution is -0.125. The SMILES string of the molecule is COc1ccc(-c2nnc(SCC(=O)N(C)C)n2CCc2ccccc2)cc1. The van der Waals surface area contributed by atoms with Crippen LogP contribution in [-0.4, -0.2) is 52.5 Å². The van der Waals surface area contributed by atoms with E-state index in [1.165, 1.54) is 17.3 Å². The number of carbonyl (C=O) groups excluding carboxylic acids is 1. The average Bonchev–Trinajstić information content (AvgIpc) is 3.13. The summed E-state index contributed by atoms with van der Waals surface area (Å²) >= 11 is 1.42. The zero-order valence-electron chi connectivity index (χ0n) is 16.3. The molecule has 0 aliphatic carbocycles. The molecule has 0 aliphatic heterocycles. The molecule has 0 bridgehead atoms. The van der Waals surface area contributed by atoms with Gasteiger partial charge in [0.15, 0.2) is 11.0 Å². The zero-order valence-corrected chi connectivity index (χ0v) is 17.1. The minimum Gasteiger partial charge on any atom is -0.497 e. The number of amides is 1. The van der Waals surface area contributed by atoms with Gasteiger partial charge in [0.1, 0.15) is 5.75 Å². The first kappa shape index (κ1) is 19.9. The maximum Gasteiger partial charge on any atom is 0.232 e. The van der Waals surface area contributed by atoms with E-state index in [2.05, 4.69) is 26.9 Å². The maximum atomic E-state index is 12.0. The highest BCUT2D eigenvalue weighted by molar-refractivity contribution is 7.99. The van der Waals surface area contributed by atoms with Gasteiger partial charge in [0.25, 0.3) is 0 Å². The molecular formula is C21H24N4O2S. The Morgan fingerprint density at radius 1 is 1.07 bits per heavy atom. The fourth-order valence-electron chi connectivity index (χ4n) is 2.69. The van der Waals surface area contributed by atoms with Crippen molar-refractivity contribution in [2.24, 2.45) is 0 Å². The predicted octanol–water partition coefficient (Wildman–Crippen LogP) is 3.38. The summed E-state index contributed by atoms with van der Waals surface area (Å²) < 4.78 is 7.33. The second-order valence-corrected chi connectivity index (χ2v) is 7.44. The summed E-state index contributed by atoms with van der Waals surface area (Å²) in [5.41, 5.74) is 2.21. The lowest BCUT2D eigenvalue weighted by Crippen LogP contribution is -2.23. The van der Waals surface area contributed by atoms with Gasteiger partial charge in [-0.15, -0.1) is 10.2 Å². The Morgan fingerprint density at radius 2 is 1.79 bits per heavy atom. The van der Waals surface area contributed by atoms with Crippen molar-refractivity contribution in [2.45, 2.75) is 18.1 Å². The molecule has 7 heteroatoms. The number of thioether (sulfide) groups is 1. The topological polar surface area (TPSA) is 60.3 Å². The molecule has 1 aromatic heterocycles. The molecule has 0 radical (unpaired) electrons. The Morgan fingerprint density at radius 3 is 2.43 bits per heavy atom. The summed E-state index contributed by atoms with van der Waals surface area (Å²) in [4.78, 5) is 13.6. The van der Waals surface area contributed by atoms with E-state index >= 15 is 0 Å². The average molecular weight is 397 g/mol. The predicted molar refractivity (Wildman–Crippen MR) is 112 cm³/mol. The minimum absolute atomic E-state index is 0.0496. The summed E-state index contributed by atoms with van der Waals surface area (Å²) in [7, 11) is 5.16. The van der Waals surface area contributed by atoms with Gasteiger partial charge in [0, 0.05) is 26.2 Å². The number of aromatic nitrogens is 3. The Balaban J connectivity index is 1.86. The van der Waals surface area contributed by atoms with Crippen LogP contribution in [0.5, 0.6) is 5.75 Å². The highest BCUT2D eigenvalue weighted by atomic mass is 32.2. The smallest absolute Gasteiger partial charge is 0.232 e. The lowest BCUT2D eigenvalue weighted by atomic mass is 10.1. The van der Waals surface area contributed by atoms with Crippen LogP contribution in [0.2, 0.25) is 0 Å². The summed E-state index contributed by atoms with van der Waals surface area (Å²) in [6.45, 7) is 0.733. The first-order chi connectivity index (χ1) is 13.6. The van der Waals surface area contributed by atoms with E-state index < -0.39 is 0 Å². The Kier molecular flexibility index (Phi) is 6.71. The molecule has 146 valence electrons. The molecule has 0 unspecified atom stereocenters. The molecule has 3 aromatic rings. The van der Waals surface area contributed by atoms with E-state index in [0.717, 1.165) is 35.3 Å². The van der Waals surface area contributed by atoms with Gasteiger partial charge in [0.05, 0.1) is 12.9 Å². The van der Waals surface area contributed by atoms with Crippen LogP contribution in [0.1, 0.15) is 5.56 Å². The van der Waals surface area contributed by atoms with E-state index in [1.807, 2.05) is 42.5 Å². The van der Waals surface area contributed by atoms with Crippen LogP contribution in [0.4, 0.5) is 0 Å². The van der Waals surface area contributed by atoms with Crippen molar-refractivity contribution >= 4 is 17.7 Å². The summed E-state index contributed by atoms with van der Waals surface area (Å²) in [6, 6.07) is 18.1. The fourth-order valence-corrected chi connectivity index (χ4v) is 3.63. The van der Waals surface area contributed by atoms with Gasteiger partial charge in [-0.2, -0.15) is 0 Å². The molecule has 0 aliphatic rings. The van der Waals surface area contributed by atoms with Crippen molar-refractivity contribution in [1.29, 1.82) is 0 Å². The first-order valence-corrected chi connectivity index (χ1v) is 10.0. The molecule has 0 N–H and O–H groups in total. The molecule has 3 rings (SSSR count). The summed E-state index contributed by atoms with van der Waals surface area (Å²) in [5.74, 6) is 1.97. The molecule has 1 heterocycles. The molecule has 6 nitrogen and oxygen atoms in total. The molecular weight excluding hydrogens is 372 g/mol. The Bertz CT molecular complexity index is 908. The monoisotopic (exact) mass is 396 g/mol. The van der Waals surface area contributed by atoms with E-state index in [4.69, 9.17) is 4.74 Å². The number of rotatable bonds is 8. The number of benzene rings is 2. The van der Waals surface area contributed by atoms with Crippen LogP contribution in [0, 0.1) is 0 Å². The third-order valence-electron chi connectivity index (χ3n) is 4.36. The molecule has 0 atom stereocenters. The van der Waals surface area contributed by atoms with Gasteiger partial charge < -0.3 is 14.2 Å². The fraction of sp³-hybridized carbons (Fsp3) is 0.286. The van der Waals surface area contributed by atoms with Crippen molar-refractivity contribution in [3.63, 3.8) is 0 Å². The number of hydrogen-bond acceptors (Lipinski definition) is 5. The second kappa shape index (κ2) is 9.41. The number of aryl methyl sites for hydroxylation is 1. The van der Waals surface area contributed by atoms with Crippen LogP contribution >= 0.6 is 11.8 Å². The quantitative estimate of drug-likeness (QED) is 0.546. The Hall–Kier alpha value is -2.80. The van der Waals surface area contributed by atoms with Crippen LogP contribution < -0.4 is 4.74 Å². The summed E-state index contributed by atoms with van der Waals surface area (Å²) in [6.07, 6.45) is 0.858. The van der Waals surface area contributed by atoms with Crippen molar-refractivity contribution in [3.8, 4) is 17.1 Å². The molecule has 0 saturated carbocycles. The lowest BCUT2D eigenvalue weighted by Gasteiger charge is -2.12. The Labute approximate surface area is 169 Å². The third-order valence-corrected chi connectivity index (χ3v) is 5.31. The molecule has 0 saturated heterocycles. The van der Waals surface area contributed by atoms with Gasteiger partial charge in [-0.1, -0.05) is 42.1 Å².